The third-order valence-electron chi connectivity index (χ3n) is 2.44. The van der Waals surface area contributed by atoms with Gasteiger partial charge in [-0.15, -0.1) is 0 Å². The number of carbonyl (C=O) groups is 1. The number of amides is 1. The van der Waals surface area contributed by atoms with E-state index in [2.05, 4.69) is 10.3 Å². The van der Waals surface area contributed by atoms with Crippen LogP contribution >= 0.6 is 11.3 Å². The second-order valence-corrected chi connectivity index (χ2v) is 4.96. The van der Waals surface area contributed by atoms with Crippen molar-refractivity contribution in [3.63, 3.8) is 0 Å². The van der Waals surface area contributed by atoms with E-state index in [1.807, 2.05) is 30.4 Å². The standard InChI is InChI=1S/C13H14N2O2S/c1-9(16)14-7-3-2-4-10-5-6-11-12(8-10)18-13(17)15-11/h2,4-6,8H,3,7H2,1H3,(H,14,16)(H,15,17). The van der Waals surface area contributed by atoms with Crippen LogP contribution in [-0.4, -0.2) is 17.4 Å². The van der Waals surface area contributed by atoms with E-state index in [1.54, 1.807) is 0 Å². The van der Waals surface area contributed by atoms with E-state index in [0.717, 1.165) is 22.2 Å². The summed E-state index contributed by atoms with van der Waals surface area (Å²) in [5.74, 6) is -0.0121. The van der Waals surface area contributed by atoms with Gasteiger partial charge >= 0.3 is 4.87 Å². The summed E-state index contributed by atoms with van der Waals surface area (Å²) >= 11 is 1.21. The fourth-order valence-electron chi connectivity index (χ4n) is 1.62. The minimum Gasteiger partial charge on any atom is -0.356 e. The molecule has 0 bridgehead atoms. The first kappa shape index (κ1) is 12.6. The van der Waals surface area contributed by atoms with Gasteiger partial charge < -0.3 is 10.3 Å². The summed E-state index contributed by atoms with van der Waals surface area (Å²) in [6, 6.07) is 5.84. The number of aromatic nitrogens is 1. The van der Waals surface area contributed by atoms with Crippen LogP contribution in [0.25, 0.3) is 16.3 Å². The maximum atomic E-state index is 11.2. The highest BCUT2D eigenvalue weighted by molar-refractivity contribution is 7.16. The molecule has 1 amide bonds. The monoisotopic (exact) mass is 262 g/mol. The van der Waals surface area contributed by atoms with Crippen molar-refractivity contribution in [3.05, 3.63) is 39.5 Å². The molecule has 1 aromatic heterocycles. The van der Waals surface area contributed by atoms with Crippen LogP contribution < -0.4 is 10.2 Å². The fourth-order valence-corrected chi connectivity index (χ4v) is 2.40. The highest BCUT2D eigenvalue weighted by atomic mass is 32.1. The van der Waals surface area contributed by atoms with Gasteiger partial charge in [-0.3, -0.25) is 9.59 Å². The van der Waals surface area contributed by atoms with Crippen LogP contribution in [0.4, 0.5) is 0 Å². The van der Waals surface area contributed by atoms with Gasteiger partial charge in [-0.1, -0.05) is 29.6 Å². The molecule has 1 heterocycles. The Balaban J connectivity index is 2.00. The normalized spacial score (nSPS) is 11.2. The topological polar surface area (TPSA) is 62.0 Å². The summed E-state index contributed by atoms with van der Waals surface area (Å²) in [5, 5.41) is 2.73. The van der Waals surface area contributed by atoms with Crippen molar-refractivity contribution in [2.45, 2.75) is 13.3 Å². The highest BCUT2D eigenvalue weighted by Gasteiger charge is 1.98. The lowest BCUT2D eigenvalue weighted by molar-refractivity contribution is -0.118. The molecule has 0 radical (unpaired) electrons. The second-order valence-electron chi connectivity index (χ2n) is 3.94. The SMILES string of the molecule is CC(=O)NCCC=Cc1ccc2[nH]c(=O)sc2c1. The molecular formula is C13H14N2O2S. The molecule has 2 rings (SSSR count). The number of fused-ring (bicyclic) bond motifs is 1. The highest BCUT2D eigenvalue weighted by Crippen LogP contribution is 2.17. The van der Waals surface area contributed by atoms with Gasteiger partial charge in [-0.2, -0.15) is 0 Å². The van der Waals surface area contributed by atoms with E-state index in [-0.39, 0.29) is 10.8 Å². The fraction of sp³-hybridized carbons (Fsp3) is 0.231. The smallest absolute Gasteiger partial charge is 0.305 e. The summed E-state index contributed by atoms with van der Waals surface area (Å²) in [5.41, 5.74) is 1.93. The first-order valence-electron chi connectivity index (χ1n) is 5.69. The van der Waals surface area contributed by atoms with E-state index in [9.17, 15) is 9.59 Å². The molecule has 0 unspecified atom stereocenters. The molecule has 4 nitrogen and oxygen atoms in total. The number of nitrogens with one attached hydrogen (secondary N) is 2. The molecule has 0 spiro atoms. The van der Waals surface area contributed by atoms with Gasteiger partial charge in [0.1, 0.15) is 0 Å². The van der Waals surface area contributed by atoms with E-state index in [4.69, 9.17) is 0 Å². The van der Waals surface area contributed by atoms with Crippen molar-refractivity contribution in [2.24, 2.45) is 0 Å². The zero-order valence-corrected chi connectivity index (χ0v) is 10.8. The van der Waals surface area contributed by atoms with Crippen LogP contribution in [0.5, 0.6) is 0 Å². The number of hydrogen-bond donors (Lipinski definition) is 2. The molecule has 0 aliphatic carbocycles. The predicted octanol–water partition coefficient (Wildman–Crippen LogP) is 2.13. The largest absolute Gasteiger partial charge is 0.356 e. The van der Waals surface area contributed by atoms with Crippen LogP contribution in [-0.2, 0) is 4.79 Å². The summed E-state index contributed by atoms with van der Waals surface area (Å²) < 4.78 is 0.962. The van der Waals surface area contributed by atoms with E-state index < -0.39 is 0 Å². The van der Waals surface area contributed by atoms with Crippen LogP contribution in [0.1, 0.15) is 18.9 Å². The van der Waals surface area contributed by atoms with Crippen molar-refractivity contribution >= 4 is 33.5 Å². The second kappa shape index (κ2) is 5.64. The van der Waals surface area contributed by atoms with Gasteiger partial charge in [0.15, 0.2) is 0 Å². The minimum atomic E-state index is -0.0308. The van der Waals surface area contributed by atoms with Crippen LogP contribution in [0.15, 0.2) is 29.1 Å². The van der Waals surface area contributed by atoms with Crippen molar-refractivity contribution < 1.29 is 4.79 Å². The maximum Gasteiger partial charge on any atom is 0.305 e. The summed E-state index contributed by atoms with van der Waals surface area (Å²) in [7, 11) is 0. The Kier molecular flexibility index (Phi) is 3.94. The molecule has 0 aliphatic heterocycles. The Morgan fingerprint density at radius 1 is 1.50 bits per heavy atom. The number of H-pyrrole nitrogens is 1. The zero-order chi connectivity index (χ0) is 13.0. The van der Waals surface area contributed by atoms with E-state index in [1.165, 1.54) is 18.3 Å². The Morgan fingerprint density at radius 2 is 2.33 bits per heavy atom. The van der Waals surface area contributed by atoms with Crippen molar-refractivity contribution in [3.8, 4) is 0 Å². The first-order chi connectivity index (χ1) is 8.65. The molecule has 0 fully saturated rings. The number of benzene rings is 1. The van der Waals surface area contributed by atoms with Crippen LogP contribution in [0, 0.1) is 0 Å². The van der Waals surface area contributed by atoms with Crippen LogP contribution in [0.2, 0.25) is 0 Å². The Labute approximate surface area is 108 Å². The molecule has 2 N–H and O–H groups in total. The number of carbonyl (C=O) groups excluding carboxylic acids is 1. The number of rotatable bonds is 4. The summed E-state index contributed by atoms with van der Waals surface area (Å²) in [6.07, 6.45) is 4.79. The lowest BCUT2D eigenvalue weighted by Crippen LogP contribution is -2.20. The minimum absolute atomic E-state index is 0.0121. The number of hydrogen-bond acceptors (Lipinski definition) is 3. The molecule has 18 heavy (non-hydrogen) atoms. The Morgan fingerprint density at radius 3 is 3.11 bits per heavy atom. The average molecular weight is 262 g/mol. The number of aromatic amines is 1. The Hall–Kier alpha value is -1.88. The van der Waals surface area contributed by atoms with Gasteiger partial charge in [0.2, 0.25) is 5.91 Å². The van der Waals surface area contributed by atoms with Crippen molar-refractivity contribution in [1.29, 1.82) is 0 Å². The lowest BCUT2D eigenvalue weighted by Gasteiger charge is -1.97. The third-order valence-corrected chi connectivity index (χ3v) is 3.29. The molecule has 0 aliphatic rings. The summed E-state index contributed by atoms with van der Waals surface area (Å²) in [6.45, 7) is 2.15. The lowest BCUT2D eigenvalue weighted by atomic mass is 10.2. The van der Waals surface area contributed by atoms with Gasteiger partial charge in [0, 0.05) is 13.5 Å². The Bertz CT molecular complexity index is 640. The molecule has 1 aromatic carbocycles. The van der Waals surface area contributed by atoms with Crippen molar-refractivity contribution in [1.82, 2.24) is 10.3 Å². The third kappa shape index (κ3) is 3.30. The zero-order valence-electron chi connectivity index (χ0n) is 10.0. The molecule has 0 saturated carbocycles. The van der Waals surface area contributed by atoms with Gasteiger partial charge in [0.25, 0.3) is 0 Å². The summed E-state index contributed by atoms with van der Waals surface area (Å²) in [4.78, 5) is 24.6. The predicted molar refractivity (Wildman–Crippen MR) is 74.8 cm³/mol. The molecular weight excluding hydrogens is 248 g/mol. The van der Waals surface area contributed by atoms with Crippen LogP contribution in [0.3, 0.4) is 0 Å². The van der Waals surface area contributed by atoms with E-state index >= 15 is 0 Å². The molecule has 0 saturated heterocycles. The molecule has 94 valence electrons. The van der Waals surface area contributed by atoms with Gasteiger partial charge in [-0.25, -0.2) is 0 Å². The molecule has 2 aromatic rings. The first-order valence-corrected chi connectivity index (χ1v) is 6.50. The molecule has 0 atom stereocenters. The molecule has 5 heteroatoms. The number of thiazole rings is 1. The van der Waals surface area contributed by atoms with Crippen molar-refractivity contribution in [2.75, 3.05) is 6.54 Å². The maximum absolute atomic E-state index is 11.2. The van der Waals surface area contributed by atoms with Gasteiger partial charge in [-0.05, 0) is 24.1 Å². The quantitative estimate of drug-likeness (QED) is 0.829. The van der Waals surface area contributed by atoms with E-state index in [0.29, 0.717) is 6.54 Å². The average Bonchev–Trinajstić information content (AvgIpc) is 2.67. The van der Waals surface area contributed by atoms with Gasteiger partial charge in [0.05, 0.1) is 10.2 Å².